The Morgan fingerprint density at radius 1 is 1.21 bits per heavy atom. The van der Waals surface area contributed by atoms with Gasteiger partial charge in [-0.3, -0.25) is 0 Å². The first-order chi connectivity index (χ1) is 9.02. The number of aliphatic imine (C=N–C) groups is 2. The second-order valence-corrected chi connectivity index (χ2v) is 5.55. The summed E-state index contributed by atoms with van der Waals surface area (Å²) in [5, 5.41) is 0. The fraction of sp³-hybridized carbons (Fsp3) is 0.471. The molecule has 0 aliphatic rings. The summed E-state index contributed by atoms with van der Waals surface area (Å²) in [4.78, 5) is 8.38. The van der Waals surface area contributed by atoms with Crippen LogP contribution >= 0.6 is 0 Å². The number of allylic oxidation sites excluding steroid dienone is 1. The van der Waals surface area contributed by atoms with Crippen molar-refractivity contribution < 1.29 is 0 Å². The van der Waals surface area contributed by atoms with Crippen LogP contribution in [0.4, 0.5) is 0 Å². The van der Waals surface area contributed by atoms with E-state index in [0.29, 0.717) is 6.54 Å². The number of rotatable bonds is 7. The Morgan fingerprint density at radius 2 is 1.89 bits per heavy atom. The third kappa shape index (κ3) is 6.17. The van der Waals surface area contributed by atoms with E-state index in [1.54, 1.807) is 0 Å². The molecule has 2 heteroatoms. The Bertz CT molecular complexity index is 451. The van der Waals surface area contributed by atoms with Crippen molar-refractivity contribution in [3.05, 3.63) is 48.0 Å². The van der Waals surface area contributed by atoms with Gasteiger partial charge in [-0.05, 0) is 30.7 Å². The molecule has 0 N–H and O–H groups in total. The van der Waals surface area contributed by atoms with Gasteiger partial charge < -0.3 is 0 Å². The van der Waals surface area contributed by atoms with Crippen molar-refractivity contribution in [1.82, 2.24) is 0 Å². The number of nitrogens with zero attached hydrogens (tertiary/aromatic N) is 2. The molecule has 0 unspecified atom stereocenters. The molecule has 0 heterocycles. The van der Waals surface area contributed by atoms with Crippen LogP contribution in [-0.2, 0) is 6.54 Å². The summed E-state index contributed by atoms with van der Waals surface area (Å²) in [7, 11) is 0. The highest BCUT2D eigenvalue weighted by atomic mass is 14.8. The quantitative estimate of drug-likeness (QED) is 0.382. The third-order valence-electron chi connectivity index (χ3n) is 3.47. The molecule has 19 heavy (non-hydrogen) atoms. The lowest BCUT2D eigenvalue weighted by Crippen LogP contribution is -2.12. The molecule has 102 valence electrons. The molecule has 0 amide bonds. The zero-order valence-corrected chi connectivity index (χ0v) is 12.3. The second-order valence-electron chi connectivity index (χ2n) is 5.55. The molecule has 1 rings (SSSR count). The monoisotopic (exact) mass is 256 g/mol. The summed E-state index contributed by atoms with van der Waals surface area (Å²) < 4.78 is 0. The lowest BCUT2D eigenvalue weighted by atomic mass is 9.82. The van der Waals surface area contributed by atoms with Gasteiger partial charge in [-0.15, -0.1) is 0 Å². The molecule has 0 saturated carbocycles. The van der Waals surface area contributed by atoms with Crippen LogP contribution in [0.5, 0.6) is 0 Å². The molecule has 0 saturated heterocycles. The lowest BCUT2D eigenvalue weighted by Gasteiger charge is -2.24. The van der Waals surface area contributed by atoms with Gasteiger partial charge in [0.25, 0.3) is 0 Å². The molecule has 0 aliphatic carbocycles. The van der Waals surface area contributed by atoms with E-state index in [9.17, 15) is 0 Å². The zero-order chi connectivity index (χ0) is 14.1. The van der Waals surface area contributed by atoms with Gasteiger partial charge in [-0.2, -0.15) is 0 Å². The van der Waals surface area contributed by atoms with Crippen molar-refractivity contribution in [1.29, 1.82) is 0 Å². The Balaban J connectivity index is 2.26. The van der Waals surface area contributed by atoms with Gasteiger partial charge in [0.1, 0.15) is 0 Å². The van der Waals surface area contributed by atoms with E-state index < -0.39 is 0 Å². The predicted molar refractivity (Wildman–Crippen MR) is 82.7 cm³/mol. The van der Waals surface area contributed by atoms with Gasteiger partial charge in [0.15, 0.2) is 0 Å². The van der Waals surface area contributed by atoms with Gasteiger partial charge in [0, 0.05) is 6.54 Å². The summed E-state index contributed by atoms with van der Waals surface area (Å²) in [5.74, 6) is 0. The van der Waals surface area contributed by atoms with Gasteiger partial charge in [0.2, 0.25) is 0 Å². The Labute approximate surface area is 117 Å². The summed E-state index contributed by atoms with van der Waals surface area (Å²) in [5.41, 5.74) is 2.62. The van der Waals surface area contributed by atoms with E-state index in [1.165, 1.54) is 11.1 Å². The standard InChI is InChI=1S/C17H24N2/c1-15(2)17(3,4)11-8-12-18-14-19-13-16-9-6-5-7-10-16/h5-7,9-10H,1,8,11-13H2,2-4H3. The fourth-order valence-electron chi connectivity index (χ4n) is 1.62. The van der Waals surface area contributed by atoms with Crippen molar-refractivity contribution in [3.63, 3.8) is 0 Å². The number of hydrogen-bond acceptors (Lipinski definition) is 2. The molecular formula is C17H24N2. The highest BCUT2D eigenvalue weighted by Crippen LogP contribution is 2.29. The second kappa shape index (κ2) is 7.70. The van der Waals surface area contributed by atoms with E-state index in [2.05, 4.69) is 55.5 Å². The van der Waals surface area contributed by atoms with Crippen LogP contribution in [0, 0.1) is 5.41 Å². The topological polar surface area (TPSA) is 24.7 Å². The van der Waals surface area contributed by atoms with Crippen LogP contribution in [-0.4, -0.2) is 12.6 Å². The minimum Gasteiger partial charge on any atom is -0.226 e. The highest BCUT2D eigenvalue weighted by Gasteiger charge is 2.17. The van der Waals surface area contributed by atoms with Crippen LogP contribution in [0.2, 0.25) is 0 Å². The van der Waals surface area contributed by atoms with Gasteiger partial charge in [0.05, 0.1) is 12.6 Å². The van der Waals surface area contributed by atoms with Crippen molar-refractivity contribution in [2.45, 2.75) is 40.2 Å². The summed E-state index contributed by atoms with van der Waals surface area (Å²) in [6.07, 6.45) is 2.15. The van der Waals surface area contributed by atoms with Crippen LogP contribution in [0.15, 0.2) is 52.5 Å². The smallest absolute Gasteiger partial charge is 0.0896 e. The number of benzene rings is 1. The molecule has 1 aromatic rings. The van der Waals surface area contributed by atoms with Crippen molar-refractivity contribution in [2.75, 3.05) is 6.54 Å². The van der Waals surface area contributed by atoms with Crippen LogP contribution in [0.1, 0.15) is 39.2 Å². The van der Waals surface area contributed by atoms with Crippen molar-refractivity contribution in [2.24, 2.45) is 15.4 Å². The number of hydrogen-bond donors (Lipinski definition) is 0. The minimum absolute atomic E-state index is 0.205. The Kier molecular flexibility index (Phi) is 6.24. The molecule has 0 spiro atoms. The Hall–Kier alpha value is -1.66. The van der Waals surface area contributed by atoms with Crippen LogP contribution in [0.3, 0.4) is 0 Å². The molecule has 1 aromatic carbocycles. The van der Waals surface area contributed by atoms with E-state index in [4.69, 9.17) is 0 Å². The minimum atomic E-state index is 0.205. The van der Waals surface area contributed by atoms with Crippen molar-refractivity contribution >= 4 is 6.01 Å². The molecule has 0 fully saturated rings. The van der Waals surface area contributed by atoms with E-state index >= 15 is 0 Å². The molecule has 0 aliphatic heterocycles. The molecule has 0 bridgehead atoms. The maximum absolute atomic E-state index is 4.20. The normalized spacial score (nSPS) is 10.7. The lowest BCUT2D eigenvalue weighted by molar-refractivity contribution is 0.399. The molecular weight excluding hydrogens is 232 g/mol. The average Bonchev–Trinajstić information content (AvgIpc) is 2.38. The predicted octanol–water partition coefficient (Wildman–Crippen LogP) is 4.74. The van der Waals surface area contributed by atoms with E-state index in [-0.39, 0.29) is 5.41 Å². The summed E-state index contributed by atoms with van der Waals surface area (Å²) in [6, 6.07) is 12.9. The van der Waals surface area contributed by atoms with Gasteiger partial charge >= 0.3 is 0 Å². The van der Waals surface area contributed by atoms with Crippen LogP contribution < -0.4 is 0 Å². The first-order valence-electron chi connectivity index (χ1n) is 6.80. The van der Waals surface area contributed by atoms with Gasteiger partial charge in [-0.25, -0.2) is 9.98 Å². The molecule has 0 aromatic heterocycles. The highest BCUT2D eigenvalue weighted by molar-refractivity contribution is 5.41. The fourth-order valence-corrected chi connectivity index (χ4v) is 1.62. The van der Waals surface area contributed by atoms with Gasteiger partial charge in [-0.1, -0.05) is 56.3 Å². The molecule has 2 nitrogen and oxygen atoms in total. The zero-order valence-electron chi connectivity index (χ0n) is 12.3. The Morgan fingerprint density at radius 3 is 2.53 bits per heavy atom. The first-order valence-corrected chi connectivity index (χ1v) is 6.80. The molecule has 0 atom stereocenters. The maximum Gasteiger partial charge on any atom is 0.0896 e. The van der Waals surface area contributed by atoms with E-state index in [0.717, 1.165) is 19.4 Å². The van der Waals surface area contributed by atoms with Crippen LogP contribution in [0.25, 0.3) is 0 Å². The average molecular weight is 256 g/mol. The summed E-state index contributed by atoms with van der Waals surface area (Å²) in [6.45, 7) is 12.0. The SMILES string of the molecule is C=C(C)C(C)(C)CCCN=C=NCc1ccccc1. The first kappa shape index (κ1) is 15.4. The van der Waals surface area contributed by atoms with E-state index in [1.807, 2.05) is 18.2 Å². The third-order valence-corrected chi connectivity index (χ3v) is 3.47. The maximum atomic E-state index is 4.20. The van der Waals surface area contributed by atoms with Crippen molar-refractivity contribution in [3.8, 4) is 0 Å². The summed E-state index contributed by atoms with van der Waals surface area (Å²) >= 11 is 0. The molecule has 0 radical (unpaired) electrons. The largest absolute Gasteiger partial charge is 0.226 e.